The lowest BCUT2D eigenvalue weighted by molar-refractivity contribution is 0.0697. The van der Waals surface area contributed by atoms with E-state index >= 15 is 0 Å². The normalized spacial score (nSPS) is 10.0. The topological polar surface area (TPSA) is 78.8 Å². The van der Waals surface area contributed by atoms with Crippen LogP contribution in [0.3, 0.4) is 0 Å². The second kappa shape index (κ2) is 8.62. The number of hydrogen-bond acceptors (Lipinski definition) is 4. The molecule has 0 atom stereocenters. The van der Waals surface area contributed by atoms with Crippen molar-refractivity contribution in [3.63, 3.8) is 0 Å². The Morgan fingerprint density at radius 1 is 1.17 bits per heavy atom. The molecular formula is C16H17Cl2NO4. The Morgan fingerprint density at radius 2 is 1.78 bits per heavy atom. The van der Waals surface area contributed by atoms with Gasteiger partial charge in [-0.1, -0.05) is 23.7 Å². The number of carboxylic acids is 1. The molecule has 7 heteroatoms. The fraction of sp³-hybridized carbons (Fsp3) is 0.188. The average Bonchev–Trinajstić information content (AvgIpc) is 2.51. The lowest BCUT2D eigenvalue weighted by Gasteiger charge is -2.10. The molecule has 124 valence electrons. The van der Waals surface area contributed by atoms with Crippen LogP contribution in [-0.4, -0.2) is 23.3 Å². The van der Waals surface area contributed by atoms with Gasteiger partial charge in [0.05, 0.1) is 17.7 Å². The number of carboxylic acid groups (broad SMARTS) is 1. The lowest BCUT2D eigenvalue weighted by Crippen LogP contribution is -2.13. The predicted octanol–water partition coefficient (Wildman–Crippen LogP) is 3.46. The first kappa shape index (κ1) is 19.1. The average molecular weight is 358 g/mol. The molecule has 0 aliphatic heterocycles. The number of nitrogens with one attached hydrogen (secondary N) is 1. The van der Waals surface area contributed by atoms with Crippen LogP contribution in [0.25, 0.3) is 0 Å². The molecule has 2 aromatic rings. The SMILES string of the molecule is COc1cc(CNCc2ccc(C(=O)O)cc2)cc(Cl)c1O.Cl. The molecule has 0 amide bonds. The summed E-state index contributed by atoms with van der Waals surface area (Å²) in [5, 5.41) is 22.0. The highest BCUT2D eigenvalue weighted by Crippen LogP contribution is 2.34. The third-order valence-corrected chi connectivity index (χ3v) is 3.46. The van der Waals surface area contributed by atoms with Gasteiger partial charge in [-0.15, -0.1) is 12.4 Å². The van der Waals surface area contributed by atoms with Crippen LogP contribution in [-0.2, 0) is 13.1 Å². The van der Waals surface area contributed by atoms with Crippen LogP contribution in [0.4, 0.5) is 0 Å². The van der Waals surface area contributed by atoms with Gasteiger partial charge in [0, 0.05) is 13.1 Å². The fourth-order valence-corrected chi connectivity index (χ4v) is 2.23. The molecule has 0 bridgehead atoms. The summed E-state index contributed by atoms with van der Waals surface area (Å²) in [7, 11) is 1.46. The van der Waals surface area contributed by atoms with Crippen molar-refractivity contribution in [2.75, 3.05) is 7.11 Å². The van der Waals surface area contributed by atoms with E-state index in [1.165, 1.54) is 7.11 Å². The zero-order valence-corrected chi connectivity index (χ0v) is 13.9. The summed E-state index contributed by atoms with van der Waals surface area (Å²) in [6, 6.07) is 10.0. The smallest absolute Gasteiger partial charge is 0.335 e. The summed E-state index contributed by atoms with van der Waals surface area (Å²) in [6.07, 6.45) is 0. The van der Waals surface area contributed by atoms with Gasteiger partial charge in [-0.05, 0) is 35.4 Å². The summed E-state index contributed by atoms with van der Waals surface area (Å²) >= 11 is 5.93. The molecule has 0 fully saturated rings. The molecule has 3 N–H and O–H groups in total. The van der Waals surface area contributed by atoms with E-state index in [4.69, 9.17) is 21.4 Å². The van der Waals surface area contributed by atoms with E-state index in [9.17, 15) is 9.90 Å². The summed E-state index contributed by atoms with van der Waals surface area (Å²) < 4.78 is 5.05. The number of phenols is 1. The van der Waals surface area contributed by atoms with E-state index in [0.717, 1.165) is 11.1 Å². The van der Waals surface area contributed by atoms with Crippen LogP contribution in [0.2, 0.25) is 5.02 Å². The Hall–Kier alpha value is -1.95. The minimum absolute atomic E-state index is 0. The number of benzene rings is 2. The molecule has 0 aliphatic carbocycles. The van der Waals surface area contributed by atoms with Crippen LogP contribution >= 0.6 is 24.0 Å². The number of phenolic OH excluding ortho intramolecular Hbond substituents is 1. The van der Waals surface area contributed by atoms with E-state index in [2.05, 4.69) is 5.32 Å². The van der Waals surface area contributed by atoms with Crippen molar-refractivity contribution < 1.29 is 19.7 Å². The Bertz CT molecular complexity index is 675. The third-order valence-electron chi connectivity index (χ3n) is 3.17. The minimum atomic E-state index is -0.940. The summed E-state index contributed by atoms with van der Waals surface area (Å²) in [5.74, 6) is -0.683. The molecule has 2 aromatic carbocycles. The molecule has 0 heterocycles. The predicted molar refractivity (Wildman–Crippen MR) is 90.9 cm³/mol. The van der Waals surface area contributed by atoms with Gasteiger partial charge >= 0.3 is 5.97 Å². The van der Waals surface area contributed by atoms with E-state index in [-0.39, 0.29) is 28.7 Å². The fourth-order valence-electron chi connectivity index (χ4n) is 2.00. The molecule has 0 saturated heterocycles. The van der Waals surface area contributed by atoms with Crippen LogP contribution in [0.15, 0.2) is 36.4 Å². The van der Waals surface area contributed by atoms with Crippen molar-refractivity contribution in [2.45, 2.75) is 13.1 Å². The monoisotopic (exact) mass is 357 g/mol. The second-order valence-electron chi connectivity index (χ2n) is 4.73. The minimum Gasteiger partial charge on any atom is -0.503 e. The van der Waals surface area contributed by atoms with E-state index in [1.807, 2.05) is 0 Å². The van der Waals surface area contributed by atoms with Gasteiger partial charge in [0.15, 0.2) is 11.5 Å². The summed E-state index contributed by atoms with van der Waals surface area (Å²) in [4.78, 5) is 10.8. The van der Waals surface area contributed by atoms with E-state index < -0.39 is 5.97 Å². The van der Waals surface area contributed by atoms with Gasteiger partial charge in [-0.3, -0.25) is 0 Å². The summed E-state index contributed by atoms with van der Waals surface area (Å²) in [5.41, 5.74) is 2.11. The Kier molecular flexibility index (Phi) is 7.16. The summed E-state index contributed by atoms with van der Waals surface area (Å²) in [6.45, 7) is 1.12. The van der Waals surface area contributed by atoms with Crippen LogP contribution < -0.4 is 10.1 Å². The quantitative estimate of drug-likeness (QED) is 0.737. The molecule has 2 rings (SSSR count). The molecule has 0 unspecified atom stereocenters. The van der Waals surface area contributed by atoms with Gasteiger partial charge in [-0.25, -0.2) is 4.79 Å². The van der Waals surface area contributed by atoms with Crippen LogP contribution in [0.5, 0.6) is 11.5 Å². The highest BCUT2D eigenvalue weighted by atomic mass is 35.5. The molecule has 0 aliphatic rings. The first-order chi connectivity index (χ1) is 10.5. The van der Waals surface area contributed by atoms with Crippen molar-refractivity contribution in [2.24, 2.45) is 0 Å². The maximum absolute atomic E-state index is 10.8. The number of aromatic hydroxyl groups is 1. The zero-order valence-electron chi connectivity index (χ0n) is 12.4. The van der Waals surface area contributed by atoms with Crippen molar-refractivity contribution in [1.82, 2.24) is 5.32 Å². The third kappa shape index (κ3) is 5.03. The Morgan fingerprint density at radius 3 is 2.35 bits per heavy atom. The standard InChI is InChI=1S/C16H16ClNO4.ClH/c1-22-14-7-11(6-13(17)15(14)19)9-18-8-10-2-4-12(5-3-10)16(20)21;/h2-7,18-19H,8-9H2,1H3,(H,20,21);1H. The molecule has 0 aromatic heterocycles. The maximum atomic E-state index is 10.8. The van der Waals surface area contributed by atoms with Crippen LogP contribution in [0.1, 0.15) is 21.5 Å². The maximum Gasteiger partial charge on any atom is 0.335 e. The number of aromatic carboxylic acids is 1. The molecule has 0 saturated carbocycles. The number of carbonyl (C=O) groups is 1. The van der Waals surface area contributed by atoms with Crippen molar-refractivity contribution in [3.05, 3.63) is 58.1 Å². The van der Waals surface area contributed by atoms with Gasteiger partial charge in [0.2, 0.25) is 0 Å². The largest absolute Gasteiger partial charge is 0.503 e. The molecule has 0 radical (unpaired) electrons. The Balaban J connectivity index is 0.00000264. The highest BCUT2D eigenvalue weighted by Gasteiger charge is 2.08. The number of methoxy groups -OCH3 is 1. The zero-order chi connectivity index (χ0) is 16.1. The number of hydrogen-bond donors (Lipinski definition) is 3. The first-order valence-corrected chi connectivity index (χ1v) is 6.97. The lowest BCUT2D eigenvalue weighted by atomic mass is 10.1. The van der Waals surface area contributed by atoms with Gasteiger partial charge in [0.1, 0.15) is 0 Å². The van der Waals surface area contributed by atoms with Gasteiger partial charge < -0.3 is 20.3 Å². The van der Waals surface area contributed by atoms with E-state index in [0.29, 0.717) is 18.8 Å². The Labute approximate surface area is 145 Å². The molecule has 23 heavy (non-hydrogen) atoms. The van der Waals surface area contributed by atoms with Gasteiger partial charge in [0.25, 0.3) is 0 Å². The van der Waals surface area contributed by atoms with Crippen molar-refractivity contribution in [1.29, 1.82) is 0 Å². The first-order valence-electron chi connectivity index (χ1n) is 6.59. The van der Waals surface area contributed by atoms with E-state index in [1.54, 1.807) is 36.4 Å². The number of ether oxygens (including phenoxy) is 1. The second-order valence-corrected chi connectivity index (χ2v) is 5.14. The van der Waals surface area contributed by atoms with Crippen molar-refractivity contribution >= 4 is 30.0 Å². The molecule has 0 spiro atoms. The highest BCUT2D eigenvalue weighted by molar-refractivity contribution is 6.32. The number of halogens is 2. The van der Waals surface area contributed by atoms with Crippen LogP contribution in [0, 0.1) is 0 Å². The molecule has 5 nitrogen and oxygen atoms in total. The molecular weight excluding hydrogens is 341 g/mol. The van der Waals surface area contributed by atoms with Crippen molar-refractivity contribution in [3.8, 4) is 11.5 Å². The number of rotatable bonds is 6. The van der Waals surface area contributed by atoms with Gasteiger partial charge in [-0.2, -0.15) is 0 Å².